The second-order valence-electron chi connectivity index (χ2n) is 8.29. The van der Waals surface area contributed by atoms with E-state index < -0.39 is 5.97 Å². The maximum Gasteiger partial charge on any atom is 0.335 e. The fraction of sp³-hybridized carbons (Fsp3) is 0.222. The van der Waals surface area contributed by atoms with Crippen molar-refractivity contribution < 1.29 is 23.9 Å². The van der Waals surface area contributed by atoms with Crippen LogP contribution in [0.5, 0.6) is 0 Å². The van der Waals surface area contributed by atoms with E-state index in [4.69, 9.17) is 4.42 Å². The van der Waals surface area contributed by atoms with E-state index in [1.54, 1.807) is 30.4 Å². The van der Waals surface area contributed by atoms with Gasteiger partial charge in [0.05, 0.1) is 5.56 Å². The van der Waals surface area contributed by atoms with E-state index in [1.807, 2.05) is 18.2 Å². The van der Waals surface area contributed by atoms with Gasteiger partial charge in [-0.15, -0.1) is 0 Å². The number of carbonyl (C=O) groups is 3. The molecule has 8 nitrogen and oxygen atoms in total. The van der Waals surface area contributed by atoms with Gasteiger partial charge in [0.2, 0.25) is 6.41 Å². The Bertz CT molecular complexity index is 1240. The number of carbonyl (C=O) groups excluding carboxylic acids is 2. The molecule has 2 aromatic carbocycles. The summed E-state index contributed by atoms with van der Waals surface area (Å²) in [6.07, 6.45) is 6.35. The molecule has 180 valence electrons. The smallest absolute Gasteiger partial charge is 0.335 e. The fourth-order valence-corrected chi connectivity index (χ4v) is 4.05. The summed E-state index contributed by atoms with van der Waals surface area (Å²) >= 11 is 0. The molecule has 1 saturated heterocycles. The number of nitrogens with one attached hydrogen (secondary N) is 2. The minimum atomic E-state index is -1.06. The number of likely N-dealkylation sites (tertiary alicyclic amines) is 1. The molecule has 2 amide bonds. The van der Waals surface area contributed by atoms with Crippen LogP contribution in [0.1, 0.15) is 44.9 Å². The van der Waals surface area contributed by atoms with Crippen molar-refractivity contribution in [1.29, 1.82) is 0 Å². The highest BCUT2D eigenvalue weighted by molar-refractivity contribution is 5.95. The summed E-state index contributed by atoms with van der Waals surface area (Å²) in [4.78, 5) is 37.1. The number of carboxylic acids is 1. The molecular weight excluding hydrogens is 446 g/mol. The van der Waals surface area contributed by atoms with Crippen molar-refractivity contribution >= 4 is 36.1 Å². The molecule has 3 aromatic rings. The zero-order valence-electron chi connectivity index (χ0n) is 19.2. The van der Waals surface area contributed by atoms with Crippen molar-refractivity contribution in [3.05, 3.63) is 77.0 Å². The Hall–Kier alpha value is -4.17. The number of amides is 2. The third-order valence-electron chi connectivity index (χ3n) is 5.89. The summed E-state index contributed by atoms with van der Waals surface area (Å²) in [6.45, 7) is 3.67. The zero-order chi connectivity index (χ0) is 24.6. The number of aromatic carboxylic acids is 1. The van der Waals surface area contributed by atoms with Gasteiger partial charge in [-0.25, -0.2) is 4.79 Å². The Morgan fingerprint density at radius 3 is 2.60 bits per heavy atom. The standard InChI is InChI=1S/C27H27N3O5/c31-18-29-24-10-7-22(27(33)34)16-19(24)6-8-23-9-11-25(35-23)20-4-3-5-21(17-20)26(32)28-12-15-30-13-1-2-14-30/h3-11,16-18H,1-2,12-15H2,(H,28,32)(H,29,31)(H,33,34)/b8-6-. The zero-order valence-corrected chi connectivity index (χ0v) is 19.2. The summed E-state index contributed by atoms with van der Waals surface area (Å²) in [5.74, 6) is -0.0380. The van der Waals surface area contributed by atoms with Crippen LogP contribution in [0.3, 0.4) is 0 Å². The quantitative estimate of drug-likeness (QED) is 0.381. The number of hydrogen-bond acceptors (Lipinski definition) is 5. The van der Waals surface area contributed by atoms with E-state index in [0.29, 0.717) is 41.3 Å². The predicted octanol–water partition coefficient (Wildman–Crippen LogP) is 4.21. The number of benzene rings is 2. The number of hydrogen-bond donors (Lipinski definition) is 3. The van der Waals surface area contributed by atoms with Crippen molar-refractivity contribution in [1.82, 2.24) is 10.2 Å². The molecule has 2 heterocycles. The van der Waals surface area contributed by atoms with Crippen LogP contribution >= 0.6 is 0 Å². The van der Waals surface area contributed by atoms with Crippen LogP contribution < -0.4 is 10.6 Å². The molecule has 0 atom stereocenters. The third kappa shape index (κ3) is 6.24. The highest BCUT2D eigenvalue weighted by atomic mass is 16.4. The van der Waals surface area contributed by atoms with Crippen LogP contribution in [-0.4, -0.2) is 54.5 Å². The summed E-state index contributed by atoms with van der Waals surface area (Å²) in [5.41, 5.74) is 2.45. The molecule has 1 fully saturated rings. The van der Waals surface area contributed by atoms with Crippen LogP contribution in [0.25, 0.3) is 23.5 Å². The first-order chi connectivity index (χ1) is 17.0. The SMILES string of the molecule is O=CNc1ccc(C(=O)O)cc1/C=C\c1ccc(-c2cccc(C(=O)NCCN3CCCC3)c2)o1. The van der Waals surface area contributed by atoms with E-state index in [9.17, 15) is 19.5 Å². The summed E-state index contributed by atoms with van der Waals surface area (Å²) in [7, 11) is 0. The number of furan rings is 1. The topological polar surface area (TPSA) is 112 Å². The van der Waals surface area contributed by atoms with Crippen LogP contribution in [0.15, 0.2) is 59.0 Å². The van der Waals surface area contributed by atoms with Gasteiger partial charge in [0.25, 0.3) is 5.91 Å². The van der Waals surface area contributed by atoms with Crippen molar-refractivity contribution in [3.63, 3.8) is 0 Å². The molecule has 0 spiro atoms. The maximum absolute atomic E-state index is 12.6. The Kier molecular flexibility index (Phi) is 7.74. The van der Waals surface area contributed by atoms with Gasteiger partial charge in [-0.3, -0.25) is 9.59 Å². The van der Waals surface area contributed by atoms with Gasteiger partial charge in [0.15, 0.2) is 0 Å². The third-order valence-corrected chi connectivity index (χ3v) is 5.89. The fourth-order valence-electron chi connectivity index (χ4n) is 4.05. The van der Waals surface area contributed by atoms with Gasteiger partial charge in [-0.05, 0) is 86.1 Å². The van der Waals surface area contributed by atoms with Gasteiger partial charge in [0, 0.05) is 29.9 Å². The monoisotopic (exact) mass is 473 g/mol. The first-order valence-corrected chi connectivity index (χ1v) is 11.5. The highest BCUT2D eigenvalue weighted by Gasteiger charge is 2.13. The van der Waals surface area contributed by atoms with E-state index in [0.717, 1.165) is 25.2 Å². The first-order valence-electron chi connectivity index (χ1n) is 11.5. The lowest BCUT2D eigenvalue weighted by Crippen LogP contribution is -2.33. The van der Waals surface area contributed by atoms with Gasteiger partial charge >= 0.3 is 5.97 Å². The lowest BCUT2D eigenvalue weighted by atomic mass is 10.1. The number of nitrogens with zero attached hydrogens (tertiary/aromatic N) is 1. The molecule has 35 heavy (non-hydrogen) atoms. The average molecular weight is 474 g/mol. The first kappa shape index (κ1) is 24.0. The Morgan fingerprint density at radius 2 is 1.83 bits per heavy atom. The van der Waals surface area contributed by atoms with E-state index >= 15 is 0 Å². The van der Waals surface area contributed by atoms with E-state index in [-0.39, 0.29) is 11.5 Å². The second-order valence-corrected chi connectivity index (χ2v) is 8.29. The van der Waals surface area contributed by atoms with Crippen molar-refractivity contribution in [2.75, 3.05) is 31.5 Å². The van der Waals surface area contributed by atoms with Gasteiger partial charge in [-0.2, -0.15) is 0 Å². The van der Waals surface area contributed by atoms with Gasteiger partial charge in [0.1, 0.15) is 11.5 Å². The van der Waals surface area contributed by atoms with Crippen LogP contribution in [0.2, 0.25) is 0 Å². The number of anilines is 1. The van der Waals surface area contributed by atoms with E-state index in [1.165, 1.54) is 31.0 Å². The molecule has 0 saturated carbocycles. The van der Waals surface area contributed by atoms with Crippen LogP contribution in [0, 0.1) is 0 Å². The second kappa shape index (κ2) is 11.3. The molecular formula is C27H27N3O5. The molecule has 0 radical (unpaired) electrons. The largest absolute Gasteiger partial charge is 0.478 e. The molecule has 1 aliphatic rings. The lowest BCUT2D eigenvalue weighted by Gasteiger charge is -2.14. The maximum atomic E-state index is 12.6. The molecule has 8 heteroatoms. The predicted molar refractivity (Wildman–Crippen MR) is 134 cm³/mol. The summed E-state index contributed by atoms with van der Waals surface area (Å²) in [6, 6.07) is 15.3. The summed E-state index contributed by atoms with van der Waals surface area (Å²) in [5, 5.41) is 14.8. The Morgan fingerprint density at radius 1 is 1.00 bits per heavy atom. The van der Waals surface area contributed by atoms with Crippen molar-refractivity contribution in [2.24, 2.45) is 0 Å². The van der Waals surface area contributed by atoms with Crippen LogP contribution in [0.4, 0.5) is 5.69 Å². The minimum absolute atomic E-state index is 0.108. The highest BCUT2D eigenvalue weighted by Crippen LogP contribution is 2.25. The molecule has 0 unspecified atom stereocenters. The number of carboxylic acid groups (broad SMARTS) is 1. The van der Waals surface area contributed by atoms with Gasteiger partial charge < -0.3 is 25.1 Å². The molecule has 1 aliphatic heterocycles. The molecule has 0 bridgehead atoms. The summed E-state index contributed by atoms with van der Waals surface area (Å²) < 4.78 is 5.92. The average Bonchev–Trinajstić information content (AvgIpc) is 3.56. The molecule has 1 aromatic heterocycles. The minimum Gasteiger partial charge on any atom is -0.478 e. The van der Waals surface area contributed by atoms with Crippen LogP contribution in [-0.2, 0) is 4.79 Å². The number of rotatable bonds is 10. The normalized spacial score (nSPS) is 13.7. The van der Waals surface area contributed by atoms with Crippen molar-refractivity contribution in [3.8, 4) is 11.3 Å². The lowest BCUT2D eigenvalue weighted by molar-refractivity contribution is -0.105. The van der Waals surface area contributed by atoms with Gasteiger partial charge in [-0.1, -0.05) is 12.1 Å². The Balaban J connectivity index is 1.44. The molecule has 0 aliphatic carbocycles. The van der Waals surface area contributed by atoms with E-state index in [2.05, 4.69) is 15.5 Å². The Labute approximate surface area is 203 Å². The molecule has 4 rings (SSSR count). The molecule has 3 N–H and O–H groups in total. The van der Waals surface area contributed by atoms with Crippen molar-refractivity contribution in [2.45, 2.75) is 12.8 Å².